The van der Waals surface area contributed by atoms with Gasteiger partial charge in [0, 0.05) is 24.8 Å². The summed E-state index contributed by atoms with van der Waals surface area (Å²) in [4.78, 5) is 2.58. The first kappa shape index (κ1) is 19.8. The Morgan fingerprint density at radius 3 is 2.48 bits per heavy atom. The summed E-state index contributed by atoms with van der Waals surface area (Å²) in [5, 5.41) is 7.55. The summed E-state index contributed by atoms with van der Waals surface area (Å²) in [6, 6.07) is 15.6. The number of anilines is 1. The molecule has 1 fully saturated rings. The Hall–Kier alpha value is -1.91. The van der Waals surface area contributed by atoms with E-state index in [1.807, 2.05) is 0 Å². The summed E-state index contributed by atoms with van der Waals surface area (Å²) >= 11 is 5.54. The Labute approximate surface area is 169 Å². The second kappa shape index (κ2) is 8.85. The molecule has 0 aromatic heterocycles. The summed E-state index contributed by atoms with van der Waals surface area (Å²) in [6.45, 7) is 11.9. The Balaban J connectivity index is 1.49. The lowest BCUT2D eigenvalue weighted by Crippen LogP contribution is -2.34. The van der Waals surface area contributed by atoms with Crippen LogP contribution in [0.5, 0.6) is 0 Å². The molecule has 1 saturated heterocycles. The zero-order chi connectivity index (χ0) is 19.4. The first-order valence-electron chi connectivity index (χ1n) is 9.85. The van der Waals surface area contributed by atoms with E-state index in [-0.39, 0.29) is 0 Å². The molecule has 2 atom stereocenters. The van der Waals surface area contributed by atoms with Crippen molar-refractivity contribution in [2.24, 2.45) is 5.92 Å². The van der Waals surface area contributed by atoms with Gasteiger partial charge in [0.05, 0.1) is 0 Å². The zero-order valence-corrected chi connectivity index (χ0v) is 17.7. The van der Waals surface area contributed by atoms with Crippen molar-refractivity contribution in [2.45, 2.75) is 40.2 Å². The third-order valence-corrected chi connectivity index (χ3v) is 5.86. The largest absolute Gasteiger partial charge is 0.362 e. The van der Waals surface area contributed by atoms with Crippen molar-refractivity contribution in [3.63, 3.8) is 0 Å². The first-order chi connectivity index (χ1) is 12.9. The SMILES string of the molecule is Cc1cc(C)c(NC(=S)NC[C@@H]2CCN([C@@H](C)c3ccccc3)C2)c(C)c1. The molecule has 1 aliphatic rings. The predicted molar refractivity (Wildman–Crippen MR) is 119 cm³/mol. The summed E-state index contributed by atoms with van der Waals surface area (Å²) < 4.78 is 0. The highest BCUT2D eigenvalue weighted by molar-refractivity contribution is 7.80. The number of hydrogen-bond donors (Lipinski definition) is 2. The fourth-order valence-corrected chi connectivity index (χ4v) is 4.28. The van der Waals surface area contributed by atoms with E-state index in [1.165, 1.54) is 28.7 Å². The number of likely N-dealkylation sites (tertiary alicyclic amines) is 1. The van der Waals surface area contributed by atoms with Crippen molar-refractivity contribution < 1.29 is 0 Å². The van der Waals surface area contributed by atoms with E-state index < -0.39 is 0 Å². The molecule has 0 aliphatic carbocycles. The predicted octanol–water partition coefficient (Wildman–Crippen LogP) is 4.98. The summed E-state index contributed by atoms with van der Waals surface area (Å²) in [5.74, 6) is 0.635. The van der Waals surface area contributed by atoms with Crippen LogP contribution in [0.15, 0.2) is 42.5 Å². The van der Waals surface area contributed by atoms with Gasteiger partial charge >= 0.3 is 0 Å². The fourth-order valence-electron chi connectivity index (χ4n) is 4.10. The monoisotopic (exact) mass is 381 g/mol. The normalized spacial score (nSPS) is 18.3. The molecular weight excluding hydrogens is 350 g/mol. The highest BCUT2D eigenvalue weighted by atomic mass is 32.1. The molecule has 3 nitrogen and oxygen atoms in total. The van der Waals surface area contributed by atoms with Crippen molar-refractivity contribution in [3.05, 3.63) is 64.7 Å². The van der Waals surface area contributed by atoms with E-state index in [2.05, 4.69) is 85.7 Å². The Kier molecular flexibility index (Phi) is 6.51. The van der Waals surface area contributed by atoms with Crippen LogP contribution in [0.1, 0.15) is 41.6 Å². The summed E-state index contributed by atoms with van der Waals surface area (Å²) in [7, 11) is 0. The molecule has 2 aromatic carbocycles. The zero-order valence-electron chi connectivity index (χ0n) is 16.9. The molecule has 0 saturated carbocycles. The number of aryl methyl sites for hydroxylation is 3. The quantitative estimate of drug-likeness (QED) is 0.714. The van der Waals surface area contributed by atoms with Gasteiger partial charge in [0.25, 0.3) is 0 Å². The molecule has 2 aromatic rings. The van der Waals surface area contributed by atoms with E-state index in [9.17, 15) is 0 Å². The van der Waals surface area contributed by atoms with Gasteiger partial charge in [-0.3, -0.25) is 4.90 Å². The maximum absolute atomic E-state index is 5.54. The molecule has 0 bridgehead atoms. The molecule has 27 heavy (non-hydrogen) atoms. The average Bonchev–Trinajstić information content (AvgIpc) is 3.12. The molecule has 0 amide bonds. The average molecular weight is 382 g/mol. The topological polar surface area (TPSA) is 27.3 Å². The van der Waals surface area contributed by atoms with Gasteiger partial charge in [0.2, 0.25) is 0 Å². The number of benzene rings is 2. The third kappa shape index (κ3) is 5.08. The van der Waals surface area contributed by atoms with Crippen LogP contribution in [-0.4, -0.2) is 29.6 Å². The van der Waals surface area contributed by atoms with Gasteiger partial charge in [-0.05, 0) is 75.5 Å². The Morgan fingerprint density at radius 2 is 1.81 bits per heavy atom. The van der Waals surface area contributed by atoms with Gasteiger partial charge in [-0.25, -0.2) is 0 Å². The van der Waals surface area contributed by atoms with E-state index in [4.69, 9.17) is 12.2 Å². The van der Waals surface area contributed by atoms with Gasteiger partial charge in [0.1, 0.15) is 0 Å². The molecule has 3 rings (SSSR count). The van der Waals surface area contributed by atoms with E-state index in [0.29, 0.717) is 12.0 Å². The van der Waals surface area contributed by atoms with E-state index in [0.717, 1.165) is 30.4 Å². The number of hydrogen-bond acceptors (Lipinski definition) is 2. The lowest BCUT2D eigenvalue weighted by molar-refractivity contribution is 0.253. The molecule has 4 heteroatoms. The van der Waals surface area contributed by atoms with Crippen molar-refractivity contribution in [2.75, 3.05) is 25.0 Å². The standard InChI is InChI=1S/C23H31N3S/c1-16-12-17(2)22(18(3)13-16)25-23(27)24-14-20-10-11-26(15-20)19(4)21-8-6-5-7-9-21/h5-9,12-13,19-20H,10-11,14-15H2,1-4H3,(H2,24,25,27)/t19-,20-/m0/s1. The van der Waals surface area contributed by atoms with Crippen LogP contribution in [0.2, 0.25) is 0 Å². The second-order valence-electron chi connectivity index (χ2n) is 7.85. The van der Waals surface area contributed by atoms with Crippen LogP contribution in [0.4, 0.5) is 5.69 Å². The third-order valence-electron chi connectivity index (χ3n) is 5.61. The van der Waals surface area contributed by atoms with Crippen LogP contribution >= 0.6 is 12.2 Å². The molecule has 1 aliphatic heterocycles. The van der Waals surface area contributed by atoms with Crippen LogP contribution in [0.25, 0.3) is 0 Å². The number of rotatable bonds is 5. The maximum atomic E-state index is 5.54. The number of thiocarbonyl (C=S) groups is 1. The molecule has 0 unspecified atom stereocenters. The van der Waals surface area contributed by atoms with Crippen LogP contribution < -0.4 is 10.6 Å². The molecule has 1 heterocycles. The van der Waals surface area contributed by atoms with E-state index in [1.54, 1.807) is 0 Å². The maximum Gasteiger partial charge on any atom is 0.170 e. The number of nitrogens with zero attached hydrogens (tertiary/aromatic N) is 1. The minimum absolute atomic E-state index is 0.471. The molecule has 2 N–H and O–H groups in total. The lowest BCUT2D eigenvalue weighted by Gasteiger charge is -2.25. The van der Waals surface area contributed by atoms with Gasteiger partial charge in [-0.2, -0.15) is 0 Å². The van der Waals surface area contributed by atoms with Crippen molar-refractivity contribution >= 4 is 23.0 Å². The fraction of sp³-hybridized carbons (Fsp3) is 0.435. The van der Waals surface area contributed by atoms with Crippen LogP contribution in [0, 0.1) is 26.7 Å². The summed E-state index contributed by atoms with van der Waals surface area (Å²) in [6.07, 6.45) is 1.22. The first-order valence-corrected chi connectivity index (χ1v) is 10.3. The molecule has 0 spiro atoms. The lowest BCUT2D eigenvalue weighted by atomic mass is 10.1. The second-order valence-corrected chi connectivity index (χ2v) is 8.25. The highest BCUT2D eigenvalue weighted by Gasteiger charge is 2.26. The smallest absolute Gasteiger partial charge is 0.170 e. The van der Waals surface area contributed by atoms with Crippen LogP contribution in [0.3, 0.4) is 0 Å². The van der Waals surface area contributed by atoms with E-state index >= 15 is 0 Å². The summed E-state index contributed by atoms with van der Waals surface area (Å²) in [5.41, 5.74) is 6.28. The van der Waals surface area contributed by atoms with Crippen LogP contribution in [-0.2, 0) is 0 Å². The Morgan fingerprint density at radius 1 is 1.15 bits per heavy atom. The molecule has 144 valence electrons. The molecule has 0 radical (unpaired) electrons. The van der Waals surface area contributed by atoms with Crippen molar-refractivity contribution in [3.8, 4) is 0 Å². The minimum Gasteiger partial charge on any atom is -0.362 e. The van der Waals surface area contributed by atoms with Gasteiger partial charge in [-0.15, -0.1) is 0 Å². The molecular formula is C23H31N3S. The van der Waals surface area contributed by atoms with Gasteiger partial charge in [0.15, 0.2) is 5.11 Å². The minimum atomic E-state index is 0.471. The van der Waals surface area contributed by atoms with Crippen molar-refractivity contribution in [1.82, 2.24) is 10.2 Å². The van der Waals surface area contributed by atoms with Gasteiger partial charge < -0.3 is 10.6 Å². The highest BCUT2D eigenvalue weighted by Crippen LogP contribution is 2.27. The van der Waals surface area contributed by atoms with Crippen molar-refractivity contribution in [1.29, 1.82) is 0 Å². The number of nitrogens with one attached hydrogen (secondary N) is 2. The van der Waals surface area contributed by atoms with Gasteiger partial charge in [-0.1, -0.05) is 48.0 Å². The Bertz CT molecular complexity index is 764.